The Bertz CT molecular complexity index is 410. The average Bonchev–Trinajstić information content (AvgIpc) is 3.06. The van der Waals surface area contributed by atoms with E-state index in [2.05, 4.69) is 0 Å². The fourth-order valence-corrected chi connectivity index (χ4v) is 2.16. The van der Waals surface area contributed by atoms with Crippen LogP contribution in [0.3, 0.4) is 0 Å². The molecule has 0 aliphatic heterocycles. The molecule has 2 nitrogen and oxygen atoms in total. The molecule has 2 rings (SSSR count). The Morgan fingerprint density at radius 2 is 2.06 bits per heavy atom. The van der Waals surface area contributed by atoms with E-state index in [0.717, 1.165) is 18.4 Å². The normalized spacial score (nSPS) is 18.4. The molecule has 1 aliphatic rings. The predicted octanol–water partition coefficient (Wildman–Crippen LogP) is 2.98. The summed E-state index contributed by atoms with van der Waals surface area (Å²) < 4.78 is 13.6. The summed E-state index contributed by atoms with van der Waals surface area (Å²) in [4.78, 5) is 0. The van der Waals surface area contributed by atoms with Crippen LogP contribution in [0.4, 0.5) is 4.39 Å². The standard InChI is InChI=1S/C12H15ClFNO.ClH/c1-6-2-5-8(14)9(10(6)13)11(15)12(16)7-3-4-7;/h2,5,7,11-12,16H,3-4,15H2,1H3;1H/t11-,12+;/m1./s1. The molecule has 1 aromatic rings. The van der Waals surface area contributed by atoms with Gasteiger partial charge in [0, 0.05) is 5.56 Å². The van der Waals surface area contributed by atoms with E-state index in [1.807, 2.05) is 0 Å². The number of aliphatic hydroxyl groups excluding tert-OH is 1. The minimum Gasteiger partial charge on any atom is -0.391 e. The van der Waals surface area contributed by atoms with Crippen LogP contribution in [0, 0.1) is 18.7 Å². The van der Waals surface area contributed by atoms with Crippen molar-refractivity contribution in [2.75, 3.05) is 0 Å². The number of aliphatic hydroxyl groups is 1. The molecule has 1 saturated carbocycles. The van der Waals surface area contributed by atoms with Crippen LogP contribution in [-0.4, -0.2) is 11.2 Å². The van der Waals surface area contributed by atoms with Gasteiger partial charge in [-0.2, -0.15) is 0 Å². The van der Waals surface area contributed by atoms with Crippen molar-refractivity contribution in [1.82, 2.24) is 0 Å². The van der Waals surface area contributed by atoms with Gasteiger partial charge in [-0.3, -0.25) is 0 Å². The van der Waals surface area contributed by atoms with Crippen LogP contribution in [0.25, 0.3) is 0 Å². The average molecular weight is 280 g/mol. The lowest BCUT2D eigenvalue weighted by molar-refractivity contribution is 0.121. The molecule has 0 spiro atoms. The maximum atomic E-state index is 13.6. The number of benzene rings is 1. The van der Waals surface area contributed by atoms with E-state index in [0.29, 0.717) is 5.02 Å². The maximum Gasteiger partial charge on any atom is 0.129 e. The minimum atomic E-state index is -0.736. The van der Waals surface area contributed by atoms with Crippen LogP contribution < -0.4 is 5.73 Å². The van der Waals surface area contributed by atoms with Crippen LogP contribution in [0.5, 0.6) is 0 Å². The van der Waals surface area contributed by atoms with Gasteiger partial charge in [0.25, 0.3) is 0 Å². The molecule has 3 N–H and O–H groups in total. The first-order valence-electron chi connectivity index (χ1n) is 5.40. The first-order valence-corrected chi connectivity index (χ1v) is 5.78. The predicted molar refractivity (Wildman–Crippen MR) is 69.1 cm³/mol. The summed E-state index contributed by atoms with van der Waals surface area (Å²) in [6, 6.07) is 2.22. The lowest BCUT2D eigenvalue weighted by Gasteiger charge is -2.21. The van der Waals surface area contributed by atoms with E-state index >= 15 is 0 Å². The highest BCUT2D eigenvalue weighted by Crippen LogP contribution is 2.39. The summed E-state index contributed by atoms with van der Waals surface area (Å²) in [6.45, 7) is 1.79. The molecule has 0 saturated heterocycles. The van der Waals surface area contributed by atoms with E-state index in [4.69, 9.17) is 17.3 Å². The summed E-state index contributed by atoms with van der Waals surface area (Å²) >= 11 is 6.03. The molecular formula is C12H16Cl2FNO. The molecule has 17 heavy (non-hydrogen) atoms. The van der Waals surface area contributed by atoms with E-state index in [9.17, 15) is 9.50 Å². The third kappa shape index (κ3) is 2.91. The first-order chi connectivity index (χ1) is 7.52. The zero-order valence-corrected chi connectivity index (χ0v) is 11.1. The zero-order chi connectivity index (χ0) is 11.9. The van der Waals surface area contributed by atoms with Crippen LogP contribution in [-0.2, 0) is 0 Å². The molecular weight excluding hydrogens is 264 g/mol. The molecule has 0 amide bonds. The highest BCUT2D eigenvalue weighted by molar-refractivity contribution is 6.32. The van der Waals surface area contributed by atoms with Crippen LogP contribution in [0.15, 0.2) is 12.1 Å². The van der Waals surface area contributed by atoms with Crippen molar-refractivity contribution in [3.05, 3.63) is 34.1 Å². The molecule has 5 heteroatoms. The maximum absolute atomic E-state index is 13.6. The van der Waals surface area contributed by atoms with Gasteiger partial charge in [0.05, 0.1) is 17.2 Å². The summed E-state index contributed by atoms with van der Waals surface area (Å²) in [5.74, 6) is -0.242. The van der Waals surface area contributed by atoms with Gasteiger partial charge in [0.1, 0.15) is 5.82 Å². The van der Waals surface area contributed by atoms with Gasteiger partial charge in [-0.25, -0.2) is 4.39 Å². The van der Waals surface area contributed by atoms with Crippen molar-refractivity contribution in [3.8, 4) is 0 Å². The number of hydrogen-bond donors (Lipinski definition) is 2. The monoisotopic (exact) mass is 279 g/mol. The molecule has 0 heterocycles. The van der Waals surface area contributed by atoms with Crippen molar-refractivity contribution in [2.45, 2.75) is 31.9 Å². The van der Waals surface area contributed by atoms with Crippen molar-refractivity contribution in [1.29, 1.82) is 0 Å². The Morgan fingerprint density at radius 1 is 1.47 bits per heavy atom. The zero-order valence-electron chi connectivity index (χ0n) is 9.49. The van der Waals surface area contributed by atoms with E-state index in [-0.39, 0.29) is 23.9 Å². The van der Waals surface area contributed by atoms with E-state index in [1.165, 1.54) is 6.07 Å². The summed E-state index contributed by atoms with van der Waals surface area (Å²) in [5.41, 5.74) is 6.89. The molecule has 0 bridgehead atoms. The largest absolute Gasteiger partial charge is 0.391 e. The van der Waals surface area contributed by atoms with Gasteiger partial charge < -0.3 is 10.8 Å². The van der Waals surface area contributed by atoms with Crippen molar-refractivity contribution in [3.63, 3.8) is 0 Å². The second kappa shape index (κ2) is 5.53. The first kappa shape index (κ1) is 14.7. The van der Waals surface area contributed by atoms with E-state index < -0.39 is 18.0 Å². The Labute approximate surface area is 111 Å². The van der Waals surface area contributed by atoms with Crippen molar-refractivity contribution in [2.24, 2.45) is 11.7 Å². The smallest absolute Gasteiger partial charge is 0.129 e. The SMILES string of the molecule is Cc1ccc(F)c([C@@H](N)[C@@H](O)C2CC2)c1Cl.Cl. The lowest BCUT2D eigenvalue weighted by atomic mass is 9.97. The molecule has 2 atom stereocenters. The minimum absolute atomic E-state index is 0. The molecule has 0 unspecified atom stereocenters. The van der Waals surface area contributed by atoms with E-state index in [1.54, 1.807) is 13.0 Å². The quantitative estimate of drug-likeness (QED) is 0.894. The third-order valence-corrected chi connectivity index (χ3v) is 3.63. The fraction of sp³-hybridized carbons (Fsp3) is 0.500. The molecule has 1 aliphatic carbocycles. The third-order valence-electron chi connectivity index (χ3n) is 3.13. The van der Waals surface area contributed by atoms with Crippen molar-refractivity contribution >= 4 is 24.0 Å². The van der Waals surface area contributed by atoms with Gasteiger partial charge in [0.2, 0.25) is 0 Å². The molecule has 1 fully saturated rings. The van der Waals surface area contributed by atoms with Gasteiger partial charge in [-0.1, -0.05) is 17.7 Å². The highest BCUT2D eigenvalue weighted by atomic mass is 35.5. The Hall–Kier alpha value is -0.350. The summed E-state index contributed by atoms with van der Waals surface area (Å²) in [5, 5.41) is 10.2. The summed E-state index contributed by atoms with van der Waals surface area (Å²) in [7, 11) is 0. The second-order valence-electron chi connectivity index (χ2n) is 4.45. The van der Waals surface area contributed by atoms with Crippen LogP contribution >= 0.6 is 24.0 Å². The number of halogens is 3. The molecule has 1 aromatic carbocycles. The Morgan fingerprint density at radius 3 is 2.59 bits per heavy atom. The topological polar surface area (TPSA) is 46.2 Å². The fourth-order valence-electron chi connectivity index (χ4n) is 1.89. The van der Waals surface area contributed by atoms with Gasteiger partial charge in [0.15, 0.2) is 0 Å². The van der Waals surface area contributed by atoms with Gasteiger partial charge >= 0.3 is 0 Å². The number of hydrogen-bond acceptors (Lipinski definition) is 2. The summed E-state index contributed by atoms with van der Waals surface area (Å²) in [6.07, 6.45) is 1.22. The Kier molecular flexibility index (Phi) is 4.78. The van der Waals surface area contributed by atoms with Crippen LogP contribution in [0.1, 0.15) is 30.0 Å². The number of rotatable bonds is 3. The molecule has 0 aromatic heterocycles. The molecule has 96 valence electrons. The number of nitrogens with two attached hydrogens (primary N) is 1. The Balaban J connectivity index is 0.00000144. The van der Waals surface area contributed by atoms with Gasteiger partial charge in [-0.05, 0) is 37.3 Å². The van der Waals surface area contributed by atoms with Crippen LogP contribution in [0.2, 0.25) is 5.02 Å². The lowest BCUT2D eigenvalue weighted by Crippen LogP contribution is -2.29. The highest BCUT2D eigenvalue weighted by Gasteiger charge is 2.36. The van der Waals surface area contributed by atoms with Gasteiger partial charge in [-0.15, -0.1) is 12.4 Å². The second-order valence-corrected chi connectivity index (χ2v) is 4.82. The molecule has 0 radical (unpaired) electrons. The van der Waals surface area contributed by atoms with Crippen molar-refractivity contribution < 1.29 is 9.50 Å². The number of aryl methyl sites for hydroxylation is 1.